The summed E-state index contributed by atoms with van der Waals surface area (Å²) in [7, 11) is 0. The lowest BCUT2D eigenvalue weighted by Gasteiger charge is -2.49. The molecule has 3 nitrogen and oxygen atoms in total. The highest BCUT2D eigenvalue weighted by Gasteiger charge is 2.37. The molecule has 0 unspecified atom stereocenters. The first-order valence-electron chi connectivity index (χ1n) is 6.45. The van der Waals surface area contributed by atoms with Crippen molar-refractivity contribution in [3.63, 3.8) is 0 Å². The second-order valence-electron chi connectivity index (χ2n) is 5.29. The van der Waals surface area contributed by atoms with E-state index in [9.17, 15) is 0 Å². The molecular weight excluding hydrogens is 186 g/mol. The Bertz CT molecular complexity index is 199. The van der Waals surface area contributed by atoms with E-state index in [1.807, 2.05) is 0 Å². The van der Waals surface area contributed by atoms with Gasteiger partial charge in [0.15, 0.2) is 0 Å². The van der Waals surface area contributed by atoms with E-state index in [4.69, 9.17) is 5.73 Å². The van der Waals surface area contributed by atoms with Gasteiger partial charge in [-0.15, -0.1) is 0 Å². The van der Waals surface area contributed by atoms with Gasteiger partial charge >= 0.3 is 0 Å². The molecule has 1 saturated carbocycles. The molecule has 0 aromatic carbocycles. The summed E-state index contributed by atoms with van der Waals surface area (Å²) in [6, 6.07) is 0.629. The third kappa shape index (κ3) is 2.35. The molecule has 2 fully saturated rings. The van der Waals surface area contributed by atoms with Gasteiger partial charge in [0, 0.05) is 37.8 Å². The van der Waals surface area contributed by atoms with Gasteiger partial charge in [0.25, 0.3) is 0 Å². The minimum absolute atomic E-state index is 0.342. The molecule has 2 rings (SSSR count). The molecular formula is C12H25N3. The zero-order chi connectivity index (χ0) is 10.7. The molecule has 1 heterocycles. The summed E-state index contributed by atoms with van der Waals surface area (Å²) >= 11 is 0. The van der Waals surface area contributed by atoms with Crippen LogP contribution in [0.5, 0.6) is 0 Å². The lowest BCUT2D eigenvalue weighted by molar-refractivity contribution is 0.0343. The van der Waals surface area contributed by atoms with Crippen LogP contribution < -0.4 is 11.1 Å². The maximum Gasteiger partial charge on any atom is 0.0332 e. The standard InChI is InChI=1S/C12H25N3/c1-11-9-15(8-7-14-11)12(10-13)5-3-2-4-6-12/h11,14H,2-10,13H2,1H3/t11-/m0/s1. The van der Waals surface area contributed by atoms with Crippen molar-refractivity contribution in [3.05, 3.63) is 0 Å². The van der Waals surface area contributed by atoms with Crippen LogP contribution in [0.25, 0.3) is 0 Å². The second kappa shape index (κ2) is 4.81. The zero-order valence-corrected chi connectivity index (χ0v) is 9.97. The number of hydrogen-bond donors (Lipinski definition) is 2. The van der Waals surface area contributed by atoms with Gasteiger partial charge < -0.3 is 11.1 Å². The molecule has 15 heavy (non-hydrogen) atoms. The molecule has 1 saturated heterocycles. The lowest BCUT2D eigenvalue weighted by atomic mass is 9.79. The largest absolute Gasteiger partial charge is 0.329 e. The maximum absolute atomic E-state index is 6.05. The summed E-state index contributed by atoms with van der Waals surface area (Å²) in [6.07, 6.45) is 6.78. The van der Waals surface area contributed by atoms with Crippen molar-refractivity contribution in [2.75, 3.05) is 26.2 Å². The first-order valence-corrected chi connectivity index (χ1v) is 6.45. The van der Waals surface area contributed by atoms with Gasteiger partial charge in [0.2, 0.25) is 0 Å². The fraction of sp³-hybridized carbons (Fsp3) is 1.00. The van der Waals surface area contributed by atoms with Gasteiger partial charge in [-0.3, -0.25) is 4.90 Å². The van der Waals surface area contributed by atoms with E-state index in [0.717, 1.165) is 13.1 Å². The molecule has 3 heteroatoms. The number of rotatable bonds is 2. The average Bonchev–Trinajstić information content (AvgIpc) is 2.30. The molecule has 0 amide bonds. The number of nitrogens with two attached hydrogens (primary N) is 1. The van der Waals surface area contributed by atoms with Gasteiger partial charge in [-0.25, -0.2) is 0 Å². The predicted octanol–water partition coefficient (Wildman–Crippen LogP) is 0.942. The van der Waals surface area contributed by atoms with Gasteiger partial charge in [-0.1, -0.05) is 19.3 Å². The van der Waals surface area contributed by atoms with Crippen LogP contribution in [0, 0.1) is 0 Å². The quantitative estimate of drug-likeness (QED) is 0.714. The van der Waals surface area contributed by atoms with E-state index in [1.54, 1.807) is 0 Å². The van der Waals surface area contributed by atoms with Crippen LogP contribution in [-0.4, -0.2) is 42.7 Å². The monoisotopic (exact) mass is 211 g/mol. The minimum Gasteiger partial charge on any atom is -0.329 e. The molecule has 88 valence electrons. The van der Waals surface area contributed by atoms with E-state index in [2.05, 4.69) is 17.1 Å². The van der Waals surface area contributed by atoms with Crippen LogP contribution in [0.4, 0.5) is 0 Å². The molecule has 1 atom stereocenters. The summed E-state index contributed by atoms with van der Waals surface area (Å²) in [5, 5.41) is 3.51. The van der Waals surface area contributed by atoms with E-state index in [-0.39, 0.29) is 0 Å². The Morgan fingerprint density at radius 1 is 1.33 bits per heavy atom. The Morgan fingerprint density at radius 2 is 2.07 bits per heavy atom. The molecule has 0 aromatic rings. The Hall–Kier alpha value is -0.120. The summed E-state index contributed by atoms with van der Waals surface area (Å²) in [5.41, 5.74) is 6.39. The van der Waals surface area contributed by atoms with Crippen molar-refractivity contribution >= 4 is 0 Å². The van der Waals surface area contributed by atoms with Crippen molar-refractivity contribution in [2.24, 2.45) is 5.73 Å². The van der Waals surface area contributed by atoms with Crippen molar-refractivity contribution < 1.29 is 0 Å². The molecule has 1 aliphatic heterocycles. The number of nitrogens with one attached hydrogen (secondary N) is 1. The van der Waals surface area contributed by atoms with Crippen molar-refractivity contribution in [1.29, 1.82) is 0 Å². The fourth-order valence-corrected chi connectivity index (χ4v) is 3.22. The normalized spacial score (nSPS) is 32.8. The molecule has 0 aromatic heterocycles. The molecule has 0 bridgehead atoms. The van der Waals surface area contributed by atoms with Gasteiger partial charge in [-0.2, -0.15) is 0 Å². The lowest BCUT2D eigenvalue weighted by Crippen LogP contribution is -2.62. The highest BCUT2D eigenvalue weighted by molar-refractivity contribution is 4.96. The molecule has 1 aliphatic carbocycles. The van der Waals surface area contributed by atoms with Crippen LogP contribution in [0.2, 0.25) is 0 Å². The van der Waals surface area contributed by atoms with E-state index >= 15 is 0 Å². The first-order chi connectivity index (χ1) is 7.27. The highest BCUT2D eigenvalue weighted by Crippen LogP contribution is 2.33. The molecule has 3 N–H and O–H groups in total. The summed E-state index contributed by atoms with van der Waals surface area (Å²) in [5.74, 6) is 0. The minimum atomic E-state index is 0.342. The highest BCUT2D eigenvalue weighted by atomic mass is 15.3. The smallest absolute Gasteiger partial charge is 0.0332 e. The Morgan fingerprint density at radius 3 is 2.67 bits per heavy atom. The van der Waals surface area contributed by atoms with Crippen LogP contribution >= 0.6 is 0 Å². The topological polar surface area (TPSA) is 41.3 Å². The van der Waals surface area contributed by atoms with Gasteiger partial charge in [0.05, 0.1) is 0 Å². The van der Waals surface area contributed by atoms with Crippen LogP contribution in [0.1, 0.15) is 39.0 Å². The number of hydrogen-bond acceptors (Lipinski definition) is 3. The molecule has 2 aliphatic rings. The van der Waals surface area contributed by atoms with E-state index < -0.39 is 0 Å². The second-order valence-corrected chi connectivity index (χ2v) is 5.29. The molecule has 0 radical (unpaired) electrons. The molecule has 0 spiro atoms. The summed E-state index contributed by atoms with van der Waals surface area (Å²) < 4.78 is 0. The Labute approximate surface area is 93.4 Å². The number of piperazine rings is 1. The van der Waals surface area contributed by atoms with Crippen LogP contribution in [-0.2, 0) is 0 Å². The zero-order valence-electron chi connectivity index (χ0n) is 9.97. The van der Waals surface area contributed by atoms with Gasteiger partial charge in [-0.05, 0) is 19.8 Å². The Kier molecular flexibility index (Phi) is 3.65. The van der Waals surface area contributed by atoms with Gasteiger partial charge in [0.1, 0.15) is 0 Å². The van der Waals surface area contributed by atoms with Crippen molar-refractivity contribution in [3.8, 4) is 0 Å². The third-order valence-electron chi connectivity index (χ3n) is 4.20. The van der Waals surface area contributed by atoms with Crippen LogP contribution in [0.15, 0.2) is 0 Å². The van der Waals surface area contributed by atoms with Crippen molar-refractivity contribution in [1.82, 2.24) is 10.2 Å². The number of nitrogens with zero attached hydrogens (tertiary/aromatic N) is 1. The fourth-order valence-electron chi connectivity index (χ4n) is 3.22. The SMILES string of the molecule is C[C@H]1CN(C2(CN)CCCCC2)CCN1. The first kappa shape index (κ1) is 11.4. The summed E-state index contributed by atoms with van der Waals surface area (Å²) in [6.45, 7) is 6.61. The third-order valence-corrected chi connectivity index (χ3v) is 4.20. The maximum atomic E-state index is 6.05. The van der Waals surface area contributed by atoms with Crippen LogP contribution in [0.3, 0.4) is 0 Å². The predicted molar refractivity (Wildman–Crippen MR) is 63.9 cm³/mol. The average molecular weight is 211 g/mol. The summed E-state index contributed by atoms with van der Waals surface area (Å²) in [4.78, 5) is 2.66. The van der Waals surface area contributed by atoms with E-state index in [1.165, 1.54) is 45.2 Å². The Balaban J connectivity index is 2.03. The van der Waals surface area contributed by atoms with Crippen molar-refractivity contribution in [2.45, 2.75) is 50.6 Å². The van der Waals surface area contributed by atoms with E-state index in [0.29, 0.717) is 11.6 Å².